The molecule has 0 radical (unpaired) electrons. The van der Waals surface area contributed by atoms with Crippen molar-refractivity contribution in [1.29, 1.82) is 0 Å². The maximum Gasteiger partial charge on any atom is 0.0309 e. The molecule has 0 spiro atoms. The SMILES string of the molecule is NC1(C2CCCCN2)CCC1. The lowest BCUT2D eigenvalue weighted by atomic mass is 9.70. The van der Waals surface area contributed by atoms with Crippen LogP contribution in [-0.4, -0.2) is 18.1 Å². The van der Waals surface area contributed by atoms with Gasteiger partial charge in [0.1, 0.15) is 0 Å². The minimum absolute atomic E-state index is 0.181. The van der Waals surface area contributed by atoms with Gasteiger partial charge in [-0.25, -0.2) is 0 Å². The van der Waals surface area contributed by atoms with Crippen molar-refractivity contribution < 1.29 is 0 Å². The van der Waals surface area contributed by atoms with Crippen LogP contribution in [0.1, 0.15) is 38.5 Å². The van der Waals surface area contributed by atoms with Gasteiger partial charge in [0.2, 0.25) is 0 Å². The zero-order chi connectivity index (χ0) is 7.73. The van der Waals surface area contributed by atoms with Gasteiger partial charge in [0, 0.05) is 11.6 Å². The first-order valence-corrected chi connectivity index (χ1v) is 4.83. The summed E-state index contributed by atoms with van der Waals surface area (Å²) >= 11 is 0. The Hall–Kier alpha value is -0.0800. The number of piperidine rings is 1. The van der Waals surface area contributed by atoms with Crippen LogP contribution in [0.15, 0.2) is 0 Å². The number of hydrogen-bond donors (Lipinski definition) is 2. The van der Waals surface area contributed by atoms with Crippen LogP contribution in [0.5, 0.6) is 0 Å². The van der Waals surface area contributed by atoms with Gasteiger partial charge in [0.25, 0.3) is 0 Å². The van der Waals surface area contributed by atoms with Crippen LogP contribution >= 0.6 is 0 Å². The quantitative estimate of drug-likeness (QED) is 0.591. The summed E-state index contributed by atoms with van der Waals surface area (Å²) in [6.07, 6.45) is 7.84. The maximum atomic E-state index is 6.22. The standard InChI is InChI=1S/C9H18N2/c10-9(5-3-6-9)8-4-1-2-7-11-8/h8,11H,1-7,10H2. The summed E-state index contributed by atoms with van der Waals surface area (Å²) in [4.78, 5) is 0. The van der Waals surface area contributed by atoms with Gasteiger partial charge < -0.3 is 11.1 Å². The average molecular weight is 154 g/mol. The van der Waals surface area contributed by atoms with Crippen molar-refractivity contribution in [2.45, 2.75) is 50.1 Å². The number of nitrogens with one attached hydrogen (secondary N) is 1. The van der Waals surface area contributed by atoms with Crippen LogP contribution in [0.3, 0.4) is 0 Å². The molecule has 0 bridgehead atoms. The first-order valence-electron chi connectivity index (χ1n) is 4.83. The summed E-state index contributed by atoms with van der Waals surface area (Å²) in [6.45, 7) is 1.18. The Balaban J connectivity index is 1.91. The maximum absolute atomic E-state index is 6.22. The normalized spacial score (nSPS) is 36.3. The highest BCUT2D eigenvalue weighted by Crippen LogP contribution is 2.35. The predicted octanol–water partition coefficient (Wildman–Crippen LogP) is 1.01. The summed E-state index contributed by atoms with van der Waals surface area (Å²) in [6, 6.07) is 0.630. The van der Waals surface area contributed by atoms with Gasteiger partial charge in [-0.05, 0) is 38.6 Å². The van der Waals surface area contributed by atoms with Crippen LogP contribution in [0.4, 0.5) is 0 Å². The average Bonchev–Trinajstić information content (AvgIpc) is 2.02. The van der Waals surface area contributed by atoms with Crippen molar-refractivity contribution in [2.24, 2.45) is 5.73 Å². The fraction of sp³-hybridized carbons (Fsp3) is 1.00. The van der Waals surface area contributed by atoms with Gasteiger partial charge in [-0.2, -0.15) is 0 Å². The Morgan fingerprint density at radius 1 is 1.18 bits per heavy atom. The minimum atomic E-state index is 0.181. The topological polar surface area (TPSA) is 38.0 Å². The van der Waals surface area contributed by atoms with E-state index in [2.05, 4.69) is 5.32 Å². The summed E-state index contributed by atoms with van der Waals surface area (Å²) in [5, 5.41) is 3.54. The molecule has 2 heteroatoms. The third kappa shape index (κ3) is 1.30. The molecular formula is C9H18N2. The molecule has 1 aliphatic carbocycles. The second kappa shape index (κ2) is 2.76. The molecule has 1 saturated heterocycles. The summed E-state index contributed by atoms with van der Waals surface area (Å²) in [5.41, 5.74) is 6.40. The lowest BCUT2D eigenvalue weighted by molar-refractivity contribution is 0.153. The van der Waals surface area contributed by atoms with Crippen LogP contribution in [-0.2, 0) is 0 Å². The Kier molecular flexibility index (Phi) is 1.90. The summed E-state index contributed by atoms with van der Waals surface area (Å²) in [7, 11) is 0. The third-order valence-corrected chi connectivity index (χ3v) is 3.29. The third-order valence-electron chi connectivity index (χ3n) is 3.29. The van der Waals surface area contributed by atoms with E-state index in [1.165, 1.54) is 45.1 Å². The number of rotatable bonds is 1. The molecule has 2 aliphatic rings. The Morgan fingerprint density at radius 3 is 2.45 bits per heavy atom. The molecule has 1 unspecified atom stereocenters. The highest BCUT2D eigenvalue weighted by molar-refractivity contribution is 5.02. The van der Waals surface area contributed by atoms with E-state index in [0.717, 1.165) is 0 Å². The van der Waals surface area contributed by atoms with Crippen molar-refractivity contribution >= 4 is 0 Å². The van der Waals surface area contributed by atoms with Crippen molar-refractivity contribution in [3.8, 4) is 0 Å². The molecule has 2 rings (SSSR count). The van der Waals surface area contributed by atoms with Gasteiger partial charge in [0.05, 0.1) is 0 Å². The van der Waals surface area contributed by atoms with E-state index in [0.29, 0.717) is 6.04 Å². The molecule has 0 amide bonds. The van der Waals surface area contributed by atoms with E-state index in [1.807, 2.05) is 0 Å². The van der Waals surface area contributed by atoms with Crippen LogP contribution in [0.25, 0.3) is 0 Å². The lowest BCUT2D eigenvalue weighted by Crippen LogP contribution is -2.62. The van der Waals surface area contributed by atoms with Gasteiger partial charge in [-0.3, -0.25) is 0 Å². The van der Waals surface area contributed by atoms with Crippen molar-refractivity contribution in [2.75, 3.05) is 6.54 Å². The lowest BCUT2D eigenvalue weighted by Gasteiger charge is -2.46. The van der Waals surface area contributed by atoms with Crippen molar-refractivity contribution in [3.05, 3.63) is 0 Å². The number of hydrogen-bond acceptors (Lipinski definition) is 2. The monoisotopic (exact) mass is 154 g/mol. The summed E-state index contributed by atoms with van der Waals surface area (Å²) in [5.74, 6) is 0. The Labute approximate surface area is 68.5 Å². The fourth-order valence-electron chi connectivity index (χ4n) is 2.28. The smallest absolute Gasteiger partial charge is 0.0309 e. The second-order valence-corrected chi connectivity index (χ2v) is 4.09. The van der Waals surface area contributed by atoms with Crippen molar-refractivity contribution in [3.63, 3.8) is 0 Å². The highest BCUT2D eigenvalue weighted by Gasteiger charge is 2.40. The zero-order valence-electron chi connectivity index (χ0n) is 7.10. The minimum Gasteiger partial charge on any atom is -0.324 e. The van der Waals surface area contributed by atoms with E-state index in [4.69, 9.17) is 5.73 Å². The summed E-state index contributed by atoms with van der Waals surface area (Å²) < 4.78 is 0. The molecule has 0 aromatic heterocycles. The van der Waals surface area contributed by atoms with E-state index >= 15 is 0 Å². The van der Waals surface area contributed by atoms with Crippen LogP contribution in [0, 0.1) is 0 Å². The molecule has 0 aromatic rings. The largest absolute Gasteiger partial charge is 0.324 e. The first kappa shape index (κ1) is 7.56. The number of nitrogens with two attached hydrogens (primary N) is 1. The molecular weight excluding hydrogens is 136 g/mol. The molecule has 64 valence electrons. The van der Waals surface area contributed by atoms with Crippen LogP contribution in [0.2, 0.25) is 0 Å². The molecule has 0 aromatic carbocycles. The molecule has 2 fully saturated rings. The molecule has 1 saturated carbocycles. The fourth-order valence-corrected chi connectivity index (χ4v) is 2.28. The second-order valence-electron chi connectivity index (χ2n) is 4.09. The molecule has 1 aliphatic heterocycles. The van der Waals surface area contributed by atoms with E-state index in [9.17, 15) is 0 Å². The van der Waals surface area contributed by atoms with E-state index < -0.39 is 0 Å². The Bertz CT molecular complexity index is 134. The first-order chi connectivity index (χ1) is 5.31. The van der Waals surface area contributed by atoms with Gasteiger partial charge >= 0.3 is 0 Å². The molecule has 1 heterocycles. The predicted molar refractivity (Wildman–Crippen MR) is 46.4 cm³/mol. The van der Waals surface area contributed by atoms with E-state index in [-0.39, 0.29) is 5.54 Å². The van der Waals surface area contributed by atoms with Gasteiger partial charge in [-0.15, -0.1) is 0 Å². The van der Waals surface area contributed by atoms with Gasteiger partial charge in [0.15, 0.2) is 0 Å². The van der Waals surface area contributed by atoms with Crippen LogP contribution < -0.4 is 11.1 Å². The van der Waals surface area contributed by atoms with Gasteiger partial charge in [-0.1, -0.05) is 6.42 Å². The Morgan fingerprint density at radius 2 is 2.00 bits per heavy atom. The molecule has 1 atom stereocenters. The van der Waals surface area contributed by atoms with Crippen molar-refractivity contribution in [1.82, 2.24) is 5.32 Å². The molecule has 2 nitrogen and oxygen atoms in total. The highest BCUT2D eigenvalue weighted by atomic mass is 15.0. The van der Waals surface area contributed by atoms with E-state index in [1.54, 1.807) is 0 Å². The zero-order valence-corrected chi connectivity index (χ0v) is 7.10. The molecule has 3 N–H and O–H groups in total. The molecule has 11 heavy (non-hydrogen) atoms.